The van der Waals surface area contributed by atoms with Crippen molar-refractivity contribution < 1.29 is 13.9 Å². The molecule has 0 radical (unpaired) electrons. The molecule has 0 fully saturated rings. The number of carbonyl (C=O) groups excluding carboxylic acids is 1. The number of pyridine rings is 1. The van der Waals surface area contributed by atoms with Crippen molar-refractivity contribution in [3.8, 4) is 5.75 Å². The highest BCUT2D eigenvalue weighted by Crippen LogP contribution is 2.19. The summed E-state index contributed by atoms with van der Waals surface area (Å²) in [5, 5.41) is 2.89. The second-order valence-corrected chi connectivity index (χ2v) is 5.84. The molecule has 134 valence electrons. The molecule has 1 aromatic carbocycles. The Balaban J connectivity index is 1.91. The van der Waals surface area contributed by atoms with E-state index >= 15 is 0 Å². The fourth-order valence-electron chi connectivity index (χ4n) is 2.51. The minimum atomic E-state index is -0.415. The number of benzene rings is 1. The molecule has 1 aromatic heterocycles. The van der Waals surface area contributed by atoms with Gasteiger partial charge in [-0.25, -0.2) is 9.18 Å². The van der Waals surface area contributed by atoms with Crippen LogP contribution in [0.15, 0.2) is 48.8 Å². The third kappa shape index (κ3) is 5.17. The molecule has 0 spiro atoms. The first kappa shape index (κ1) is 18.7. The number of amides is 2. The molecule has 2 atom stereocenters. The third-order valence-corrected chi connectivity index (χ3v) is 3.93. The summed E-state index contributed by atoms with van der Waals surface area (Å²) < 4.78 is 19.0. The van der Waals surface area contributed by atoms with E-state index in [2.05, 4.69) is 10.3 Å². The Hall–Kier alpha value is -2.63. The van der Waals surface area contributed by atoms with Gasteiger partial charge in [-0.1, -0.05) is 18.2 Å². The molecule has 1 N–H and O–H groups in total. The highest BCUT2D eigenvalue weighted by atomic mass is 19.1. The molecular weight excluding hydrogens is 321 g/mol. The van der Waals surface area contributed by atoms with Gasteiger partial charge in [0.05, 0.1) is 12.1 Å². The van der Waals surface area contributed by atoms with Gasteiger partial charge >= 0.3 is 6.03 Å². The molecule has 0 aliphatic carbocycles. The Morgan fingerprint density at radius 1 is 1.28 bits per heavy atom. The van der Waals surface area contributed by atoms with Crippen molar-refractivity contribution in [1.29, 1.82) is 0 Å². The number of hydrogen-bond donors (Lipinski definition) is 1. The monoisotopic (exact) mass is 345 g/mol. The molecule has 0 unspecified atom stereocenters. The van der Waals surface area contributed by atoms with Gasteiger partial charge in [-0.2, -0.15) is 0 Å². The molecule has 0 aliphatic heterocycles. The van der Waals surface area contributed by atoms with Crippen LogP contribution in [0.1, 0.15) is 32.4 Å². The van der Waals surface area contributed by atoms with Crippen LogP contribution >= 0.6 is 0 Å². The molecule has 0 saturated carbocycles. The lowest BCUT2D eigenvalue weighted by molar-refractivity contribution is 0.173. The summed E-state index contributed by atoms with van der Waals surface area (Å²) in [4.78, 5) is 18.4. The summed E-state index contributed by atoms with van der Waals surface area (Å²) >= 11 is 0. The van der Waals surface area contributed by atoms with Gasteiger partial charge in [0.2, 0.25) is 0 Å². The zero-order valence-electron chi connectivity index (χ0n) is 14.8. The van der Waals surface area contributed by atoms with E-state index in [4.69, 9.17) is 4.74 Å². The van der Waals surface area contributed by atoms with E-state index in [1.807, 2.05) is 32.9 Å². The van der Waals surface area contributed by atoms with Crippen LogP contribution < -0.4 is 10.1 Å². The molecule has 0 saturated heterocycles. The van der Waals surface area contributed by atoms with Crippen LogP contribution in [0.25, 0.3) is 0 Å². The first-order chi connectivity index (χ1) is 12.0. The molecule has 0 bridgehead atoms. The van der Waals surface area contributed by atoms with E-state index in [1.54, 1.807) is 35.5 Å². The Kier molecular flexibility index (Phi) is 6.74. The Labute approximate surface area is 147 Å². The van der Waals surface area contributed by atoms with Crippen LogP contribution in [-0.2, 0) is 0 Å². The molecule has 5 nitrogen and oxygen atoms in total. The van der Waals surface area contributed by atoms with Crippen LogP contribution in [-0.4, -0.2) is 35.1 Å². The topological polar surface area (TPSA) is 54.5 Å². The maximum atomic E-state index is 13.6. The van der Waals surface area contributed by atoms with Crippen LogP contribution in [0.3, 0.4) is 0 Å². The van der Waals surface area contributed by atoms with Gasteiger partial charge in [-0.05, 0) is 44.5 Å². The summed E-state index contributed by atoms with van der Waals surface area (Å²) in [6.07, 6.45) is 3.46. The predicted molar refractivity (Wildman–Crippen MR) is 94.9 cm³/mol. The van der Waals surface area contributed by atoms with Gasteiger partial charge in [0, 0.05) is 18.9 Å². The van der Waals surface area contributed by atoms with Crippen molar-refractivity contribution in [2.45, 2.75) is 32.9 Å². The van der Waals surface area contributed by atoms with Gasteiger partial charge in [-0.3, -0.25) is 4.98 Å². The van der Waals surface area contributed by atoms with Crippen molar-refractivity contribution in [3.05, 3.63) is 60.2 Å². The van der Waals surface area contributed by atoms with Crippen molar-refractivity contribution in [3.63, 3.8) is 0 Å². The van der Waals surface area contributed by atoms with Gasteiger partial charge in [0.1, 0.15) is 6.61 Å². The molecule has 1 heterocycles. The molecule has 6 heteroatoms. The minimum Gasteiger partial charge on any atom is -0.488 e. The fourth-order valence-corrected chi connectivity index (χ4v) is 2.51. The molecule has 2 amide bonds. The Bertz CT molecular complexity index is 681. The number of urea groups is 1. The van der Waals surface area contributed by atoms with E-state index in [9.17, 15) is 9.18 Å². The minimum absolute atomic E-state index is 0.0987. The van der Waals surface area contributed by atoms with Crippen molar-refractivity contribution in [2.75, 3.05) is 13.2 Å². The van der Waals surface area contributed by atoms with Crippen LogP contribution in [0.2, 0.25) is 0 Å². The molecule has 2 aromatic rings. The number of nitrogens with one attached hydrogen (secondary N) is 1. The number of carbonyl (C=O) groups is 1. The van der Waals surface area contributed by atoms with Crippen LogP contribution in [0, 0.1) is 5.82 Å². The van der Waals surface area contributed by atoms with E-state index in [0.29, 0.717) is 6.54 Å². The lowest BCUT2D eigenvalue weighted by Crippen LogP contribution is -2.46. The quantitative estimate of drug-likeness (QED) is 0.831. The van der Waals surface area contributed by atoms with Crippen molar-refractivity contribution >= 4 is 6.03 Å². The van der Waals surface area contributed by atoms with Gasteiger partial charge in [0.15, 0.2) is 11.6 Å². The van der Waals surface area contributed by atoms with Gasteiger partial charge in [0.25, 0.3) is 0 Å². The van der Waals surface area contributed by atoms with E-state index in [0.717, 1.165) is 5.56 Å². The number of hydrogen-bond acceptors (Lipinski definition) is 3. The first-order valence-electron chi connectivity index (χ1n) is 8.37. The predicted octanol–water partition coefficient (Wildman–Crippen LogP) is 3.78. The number of para-hydroxylation sites is 1. The molecule has 0 aliphatic rings. The summed E-state index contributed by atoms with van der Waals surface area (Å²) in [5.41, 5.74) is 0.967. The van der Waals surface area contributed by atoms with Gasteiger partial charge < -0.3 is 15.0 Å². The summed E-state index contributed by atoms with van der Waals surface area (Å²) in [6, 6.07) is 9.45. The maximum Gasteiger partial charge on any atom is 0.318 e. The normalized spacial score (nSPS) is 13.0. The Morgan fingerprint density at radius 2 is 2.04 bits per heavy atom. The van der Waals surface area contributed by atoms with E-state index in [1.165, 1.54) is 6.07 Å². The fraction of sp³-hybridized carbons (Fsp3) is 0.368. The van der Waals surface area contributed by atoms with Crippen molar-refractivity contribution in [1.82, 2.24) is 15.2 Å². The summed E-state index contributed by atoms with van der Waals surface area (Å²) in [6.45, 7) is 6.45. The SMILES string of the molecule is CCN(C(=O)N[C@H](C)COc1ccccc1F)[C@H](C)c1cccnc1. The number of rotatable bonds is 7. The Morgan fingerprint density at radius 3 is 2.68 bits per heavy atom. The number of ether oxygens (including phenoxy) is 1. The zero-order valence-corrected chi connectivity index (χ0v) is 14.8. The van der Waals surface area contributed by atoms with E-state index in [-0.39, 0.29) is 30.5 Å². The molecule has 2 rings (SSSR count). The summed E-state index contributed by atoms with van der Waals surface area (Å²) in [5.74, 6) is -0.235. The average Bonchev–Trinajstić information content (AvgIpc) is 2.62. The molecule has 25 heavy (non-hydrogen) atoms. The number of aromatic nitrogens is 1. The first-order valence-corrected chi connectivity index (χ1v) is 8.37. The summed E-state index contributed by atoms with van der Waals surface area (Å²) in [7, 11) is 0. The maximum absolute atomic E-state index is 13.6. The van der Waals surface area contributed by atoms with E-state index < -0.39 is 5.82 Å². The lowest BCUT2D eigenvalue weighted by atomic mass is 10.1. The largest absolute Gasteiger partial charge is 0.488 e. The smallest absolute Gasteiger partial charge is 0.318 e. The highest BCUT2D eigenvalue weighted by molar-refractivity contribution is 5.75. The van der Waals surface area contributed by atoms with Gasteiger partial charge in [-0.15, -0.1) is 0 Å². The molecular formula is C19H24FN3O2. The second kappa shape index (κ2) is 9.01. The second-order valence-electron chi connectivity index (χ2n) is 5.84. The average molecular weight is 345 g/mol. The standard InChI is InChI=1S/C19H24FN3O2/c1-4-23(15(3)16-8-7-11-21-12-16)19(24)22-14(2)13-25-18-10-6-5-9-17(18)20/h5-12,14-15H,4,13H2,1-3H3,(H,22,24)/t14-,15-/m1/s1. The van der Waals surface area contributed by atoms with Crippen LogP contribution in [0.5, 0.6) is 5.75 Å². The lowest BCUT2D eigenvalue weighted by Gasteiger charge is -2.29. The third-order valence-electron chi connectivity index (χ3n) is 3.93. The number of nitrogens with zero attached hydrogens (tertiary/aromatic N) is 2. The highest BCUT2D eigenvalue weighted by Gasteiger charge is 2.21. The zero-order chi connectivity index (χ0) is 18.2. The van der Waals surface area contributed by atoms with Crippen LogP contribution in [0.4, 0.5) is 9.18 Å². The number of halogens is 1. The van der Waals surface area contributed by atoms with Crippen molar-refractivity contribution in [2.24, 2.45) is 0 Å².